The van der Waals surface area contributed by atoms with Crippen molar-refractivity contribution in [3.63, 3.8) is 0 Å². The number of nitrogens with zero attached hydrogens (tertiary/aromatic N) is 1. The smallest absolute Gasteiger partial charge is 0.238 e. The summed E-state index contributed by atoms with van der Waals surface area (Å²) in [5, 5.41) is 0.171. The van der Waals surface area contributed by atoms with E-state index in [2.05, 4.69) is 20.9 Å². The van der Waals surface area contributed by atoms with Crippen LogP contribution >= 0.6 is 27.5 Å². The van der Waals surface area contributed by atoms with Crippen LogP contribution < -0.4 is 10.5 Å². The van der Waals surface area contributed by atoms with Crippen LogP contribution in [0, 0.1) is 11.6 Å². The molecule has 0 bridgehead atoms. The minimum absolute atomic E-state index is 0.0268. The maximum atomic E-state index is 13.6. The van der Waals surface area contributed by atoms with Crippen LogP contribution in [0.1, 0.15) is 5.56 Å². The summed E-state index contributed by atoms with van der Waals surface area (Å²) in [6.45, 7) is 0.188. The van der Waals surface area contributed by atoms with E-state index in [1.165, 1.54) is 12.3 Å². The molecule has 3 nitrogen and oxygen atoms in total. The molecule has 1 heterocycles. The summed E-state index contributed by atoms with van der Waals surface area (Å²) in [5.41, 5.74) is 6.08. The molecule has 0 unspecified atom stereocenters. The van der Waals surface area contributed by atoms with Gasteiger partial charge in [0.05, 0.1) is 0 Å². The van der Waals surface area contributed by atoms with Crippen molar-refractivity contribution in [2.75, 3.05) is 0 Å². The number of hydrogen-bond acceptors (Lipinski definition) is 3. The van der Waals surface area contributed by atoms with Crippen LogP contribution in [0.25, 0.3) is 0 Å². The molecule has 0 fully saturated rings. The van der Waals surface area contributed by atoms with Gasteiger partial charge in [0.15, 0.2) is 11.6 Å². The van der Waals surface area contributed by atoms with E-state index in [0.29, 0.717) is 10.0 Å². The molecule has 1 aromatic heterocycles. The molecule has 2 rings (SSSR count). The largest absolute Gasteiger partial charge is 0.434 e. The number of rotatable bonds is 3. The monoisotopic (exact) mass is 348 g/mol. The standard InChI is InChI=1S/C12H8BrClF2N2O/c13-7-3-8(15)11(16)9(4-7)19-12-10(14)6(5-17)1-2-18-12/h1-4H,5,17H2. The van der Waals surface area contributed by atoms with Crippen LogP contribution in [0.4, 0.5) is 8.78 Å². The second kappa shape index (κ2) is 5.81. The number of ether oxygens (including phenoxy) is 1. The van der Waals surface area contributed by atoms with Crippen molar-refractivity contribution in [2.24, 2.45) is 5.73 Å². The molecular formula is C12H8BrClF2N2O. The highest BCUT2D eigenvalue weighted by atomic mass is 79.9. The molecule has 19 heavy (non-hydrogen) atoms. The third-order valence-electron chi connectivity index (χ3n) is 2.32. The molecule has 0 saturated heterocycles. The summed E-state index contributed by atoms with van der Waals surface area (Å²) in [4.78, 5) is 3.87. The van der Waals surface area contributed by atoms with Gasteiger partial charge in [0.1, 0.15) is 5.02 Å². The van der Waals surface area contributed by atoms with E-state index >= 15 is 0 Å². The Kier molecular flexibility index (Phi) is 4.34. The number of pyridine rings is 1. The first-order chi connectivity index (χ1) is 9.02. The molecule has 2 aromatic rings. The Bertz CT molecular complexity index is 625. The minimum Gasteiger partial charge on any atom is -0.434 e. The lowest BCUT2D eigenvalue weighted by Gasteiger charge is -2.10. The molecular weight excluding hydrogens is 341 g/mol. The van der Waals surface area contributed by atoms with E-state index in [4.69, 9.17) is 22.1 Å². The summed E-state index contributed by atoms with van der Waals surface area (Å²) in [7, 11) is 0. The molecule has 0 radical (unpaired) electrons. The van der Waals surface area contributed by atoms with Gasteiger partial charge in [-0.15, -0.1) is 0 Å². The summed E-state index contributed by atoms with van der Waals surface area (Å²) < 4.78 is 32.3. The quantitative estimate of drug-likeness (QED) is 0.851. The zero-order valence-electron chi connectivity index (χ0n) is 9.46. The first-order valence-corrected chi connectivity index (χ1v) is 6.36. The average molecular weight is 350 g/mol. The Balaban J connectivity index is 2.42. The zero-order chi connectivity index (χ0) is 14.0. The molecule has 0 spiro atoms. The fourth-order valence-corrected chi connectivity index (χ4v) is 2.04. The SMILES string of the molecule is NCc1ccnc(Oc2cc(Br)cc(F)c2F)c1Cl. The maximum Gasteiger partial charge on any atom is 0.238 e. The number of nitrogens with two attached hydrogens (primary N) is 1. The van der Waals surface area contributed by atoms with E-state index in [9.17, 15) is 8.78 Å². The first-order valence-electron chi connectivity index (χ1n) is 5.18. The molecule has 0 aliphatic rings. The summed E-state index contributed by atoms with van der Waals surface area (Å²) >= 11 is 9.04. The number of halogens is 4. The van der Waals surface area contributed by atoms with E-state index in [0.717, 1.165) is 6.07 Å². The Labute approximate surface area is 121 Å². The van der Waals surface area contributed by atoms with Crippen molar-refractivity contribution >= 4 is 27.5 Å². The molecule has 0 atom stereocenters. The average Bonchev–Trinajstić information content (AvgIpc) is 2.37. The van der Waals surface area contributed by atoms with E-state index in [1.54, 1.807) is 6.07 Å². The summed E-state index contributed by atoms with van der Waals surface area (Å²) in [5.74, 6) is -2.48. The fraction of sp³-hybridized carbons (Fsp3) is 0.0833. The second-order valence-corrected chi connectivity index (χ2v) is 4.89. The predicted molar refractivity (Wildman–Crippen MR) is 71.3 cm³/mol. The Morgan fingerprint density at radius 2 is 2.11 bits per heavy atom. The Morgan fingerprint density at radius 3 is 2.79 bits per heavy atom. The first kappa shape index (κ1) is 14.2. The van der Waals surface area contributed by atoms with Crippen molar-refractivity contribution in [3.8, 4) is 11.6 Å². The maximum absolute atomic E-state index is 13.6. The molecule has 7 heteroatoms. The Hall–Kier alpha value is -1.24. The molecule has 0 amide bonds. The van der Waals surface area contributed by atoms with Gasteiger partial charge >= 0.3 is 0 Å². The highest BCUT2D eigenvalue weighted by molar-refractivity contribution is 9.10. The minimum atomic E-state index is -1.11. The van der Waals surface area contributed by atoms with Crippen LogP contribution in [0.2, 0.25) is 5.02 Å². The van der Waals surface area contributed by atoms with Gasteiger partial charge in [-0.3, -0.25) is 0 Å². The fourth-order valence-electron chi connectivity index (χ4n) is 1.40. The number of aromatic nitrogens is 1. The molecule has 0 aliphatic carbocycles. The molecule has 100 valence electrons. The Morgan fingerprint density at radius 1 is 1.37 bits per heavy atom. The highest BCUT2D eigenvalue weighted by Crippen LogP contribution is 2.33. The molecule has 0 saturated carbocycles. The van der Waals surface area contributed by atoms with E-state index < -0.39 is 11.6 Å². The van der Waals surface area contributed by atoms with Crippen molar-refractivity contribution in [2.45, 2.75) is 6.54 Å². The van der Waals surface area contributed by atoms with Crippen molar-refractivity contribution in [3.05, 3.63) is 51.1 Å². The van der Waals surface area contributed by atoms with Crippen LogP contribution in [0.15, 0.2) is 28.9 Å². The van der Waals surface area contributed by atoms with Gasteiger partial charge in [0, 0.05) is 17.2 Å². The van der Waals surface area contributed by atoms with E-state index in [1.807, 2.05) is 0 Å². The van der Waals surface area contributed by atoms with Crippen molar-refractivity contribution in [1.82, 2.24) is 4.98 Å². The van der Waals surface area contributed by atoms with Gasteiger partial charge in [0.25, 0.3) is 0 Å². The zero-order valence-corrected chi connectivity index (χ0v) is 11.8. The van der Waals surface area contributed by atoms with Gasteiger partial charge in [0.2, 0.25) is 11.7 Å². The van der Waals surface area contributed by atoms with Gasteiger partial charge in [-0.25, -0.2) is 9.37 Å². The van der Waals surface area contributed by atoms with Crippen LogP contribution in [-0.2, 0) is 6.54 Å². The van der Waals surface area contributed by atoms with E-state index in [-0.39, 0.29) is 23.2 Å². The van der Waals surface area contributed by atoms with Gasteiger partial charge in [-0.1, -0.05) is 27.5 Å². The summed E-state index contributed by atoms with van der Waals surface area (Å²) in [6, 6.07) is 3.89. The highest BCUT2D eigenvalue weighted by Gasteiger charge is 2.15. The van der Waals surface area contributed by atoms with Crippen LogP contribution in [0.5, 0.6) is 11.6 Å². The predicted octanol–water partition coefficient (Wildman–Crippen LogP) is 4.03. The number of hydrogen-bond donors (Lipinski definition) is 1. The van der Waals surface area contributed by atoms with Crippen molar-refractivity contribution < 1.29 is 13.5 Å². The second-order valence-electron chi connectivity index (χ2n) is 3.60. The number of benzene rings is 1. The topological polar surface area (TPSA) is 48.1 Å². The lowest BCUT2D eigenvalue weighted by molar-refractivity contribution is 0.404. The molecule has 2 N–H and O–H groups in total. The van der Waals surface area contributed by atoms with Crippen molar-refractivity contribution in [1.29, 1.82) is 0 Å². The van der Waals surface area contributed by atoms with Gasteiger partial charge in [-0.05, 0) is 23.8 Å². The van der Waals surface area contributed by atoms with Crippen LogP contribution in [0.3, 0.4) is 0 Å². The third-order valence-corrected chi connectivity index (χ3v) is 3.19. The summed E-state index contributed by atoms with van der Waals surface area (Å²) in [6.07, 6.45) is 1.43. The van der Waals surface area contributed by atoms with Gasteiger partial charge in [-0.2, -0.15) is 4.39 Å². The molecule has 0 aliphatic heterocycles. The third kappa shape index (κ3) is 3.02. The normalized spacial score (nSPS) is 10.6. The lowest BCUT2D eigenvalue weighted by atomic mass is 10.2. The van der Waals surface area contributed by atoms with Crippen LogP contribution in [-0.4, -0.2) is 4.98 Å². The van der Waals surface area contributed by atoms with Gasteiger partial charge < -0.3 is 10.5 Å². The molecule has 1 aromatic carbocycles. The lowest BCUT2D eigenvalue weighted by Crippen LogP contribution is -2.00.